The van der Waals surface area contributed by atoms with E-state index in [4.69, 9.17) is 0 Å². The third-order valence-electron chi connectivity index (χ3n) is 5.74. The largest absolute Gasteiger partial charge is 0.416 e. The number of halogens is 3. The number of alkyl halides is 3. The summed E-state index contributed by atoms with van der Waals surface area (Å²) < 4.78 is 41.5. The molecule has 1 aliphatic rings. The molecule has 12 heteroatoms. The molecule has 190 valence electrons. The monoisotopic (exact) mass is 501 g/mol. The van der Waals surface area contributed by atoms with Crippen molar-refractivity contribution in [1.82, 2.24) is 25.4 Å². The Bertz CT molecular complexity index is 1230. The van der Waals surface area contributed by atoms with Crippen LogP contribution in [-0.2, 0) is 25.8 Å². The van der Waals surface area contributed by atoms with Gasteiger partial charge in [-0.3, -0.25) is 9.79 Å². The van der Waals surface area contributed by atoms with Gasteiger partial charge in [0, 0.05) is 30.9 Å². The van der Waals surface area contributed by atoms with Gasteiger partial charge in [-0.15, -0.1) is 10.2 Å². The van der Waals surface area contributed by atoms with E-state index < -0.39 is 17.6 Å². The molecule has 2 heterocycles. The molecule has 1 unspecified atom stereocenters. The summed E-state index contributed by atoms with van der Waals surface area (Å²) in [6, 6.07) is 11.7. The Morgan fingerprint density at radius 1 is 1.14 bits per heavy atom. The maximum atomic E-state index is 13.2. The molecule has 9 nitrogen and oxygen atoms in total. The predicted octanol–water partition coefficient (Wildman–Crippen LogP) is 2.89. The number of nitrogens with one attached hydrogen (secondary N) is 3. The molecule has 0 spiro atoms. The lowest BCUT2D eigenvalue weighted by atomic mass is 10.1. The van der Waals surface area contributed by atoms with Crippen molar-refractivity contribution in [2.75, 3.05) is 18.5 Å². The average Bonchev–Trinajstić information content (AvgIpc) is 3.29. The summed E-state index contributed by atoms with van der Waals surface area (Å²) in [7, 11) is 0. The maximum Gasteiger partial charge on any atom is 0.416 e. The minimum atomic E-state index is -4.50. The Balaban J connectivity index is 1.41. The lowest BCUT2D eigenvalue weighted by molar-refractivity contribution is -0.138. The number of hydrogen-bond acceptors (Lipinski definition) is 7. The van der Waals surface area contributed by atoms with Gasteiger partial charge in [0.25, 0.3) is 5.91 Å². The van der Waals surface area contributed by atoms with Gasteiger partial charge in [0.05, 0.1) is 31.1 Å². The number of benzene rings is 2. The molecule has 1 amide bonds. The van der Waals surface area contributed by atoms with Crippen molar-refractivity contribution in [3.63, 3.8) is 0 Å². The number of rotatable bonds is 9. The second-order valence-corrected chi connectivity index (χ2v) is 8.16. The van der Waals surface area contributed by atoms with E-state index in [2.05, 4.69) is 31.1 Å². The molecule has 0 radical (unpaired) electrons. The highest BCUT2D eigenvalue weighted by Gasteiger charge is 2.32. The molecule has 0 aliphatic carbocycles. The minimum absolute atomic E-state index is 0.00891. The van der Waals surface area contributed by atoms with Gasteiger partial charge in [-0.25, -0.2) is 0 Å². The SMILES string of the molecule is O=C(NCc1ccccc1C(F)(F)F)c1cccc(NCc2nnc(C3CCN=CN3)n2CCO)c1. The summed E-state index contributed by atoms with van der Waals surface area (Å²) in [6.45, 7) is 0.966. The molecule has 36 heavy (non-hydrogen) atoms. The average molecular weight is 502 g/mol. The van der Waals surface area contributed by atoms with Gasteiger partial charge in [-0.2, -0.15) is 13.2 Å². The van der Waals surface area contributed by atoms with Gasteiger partial charge in [-0.1, -0.05) is 24.3 Å². The normalized spacial score (nSPS) is 15.4. The van der Waals surface area contributed by atoms with Crippen LogP contribution in [0.2, 0.25) is 0 Å². The second-order valence-electron chi connectivity index (χ2n) is 8.16. The molecule has 0 fully saturated rings. The molecule has 1 atom stereocenters. The van der Waals surface area contributed by atoms with E-state index in [9.17, 15) is 23.1 Å². The van der Waals surface area contributed by atoms with E-state index >= 15 is 0 Å². The van der Waals surface area contributed by atoms with Crippen molar-refractivity contribution in [2.24, 2.45) is 4.99 Å². The first-order valence-electron chi connectivity index (χ1n) is 11.4. The highest BCUT2D eigenvalue weighted by atomic mass is 19.4. The lowest BCUT2D eigenvalue weighted by Crippen LogP contribution is -2.28. The van der Waals surface area contributed by atoms with Crippen molar-refractivity contribution in [1.29, 1.82) is 0 Å². The number of hydrogen-bond donors (Lipinski definition) is 4. The Morgan fingerprint density at radius 3 is 2.72 bits per heavy atom. The van der Waals surface area contributed by atoms with Gasteiger partial charge in [0.2, 0.25) is 0 Å². The van der Waals surface area contributed by atoms with Gasteiger partial charge in [-0.05, 0) is 36.2 Å². The molecule has 1 aromatic heterocycles. The predicted molar refractivity (Wildman–Crippen MR) is 127 cm³/mol. The summed E-state index contributed by atoms with van der Waals surface area (Å²) in [5.41, 5.74) is 0.141. The number of carbonyl (C=O) groups is 1. The Kier molecular flexibility index (Phi) is 7.84. The first-order valence-corrected chi connectivity index (χ1v) is 11.4. The maximum absolute atomic E-state index is 13.2. The van der Waals surface area contributed by atoms with Crippen LogP contribution in [0.3, 0.4) is 0 Å². The van der Waals surface area contributed by atoms with Crippen LogP contribution in [0.15, 0.2) is 53.5 Å². The van der Waals surface area contributed by atoms with Crippen LogP contribution < -0.4 is 16.0 Å². The van der Waals surface area contributed by atoms with Crippen molar-refractivity contribution in [3.05, 3.63) is 76.9 Å². The fourth-order valence-corrected chi connectivity index (χ4v) is 3.96. The molecule has 4 rings (SSSR count). The van der Waals surface area contributed by atoms with Crippen molar-refractivity contribution in [3.8, 4) is 0 Å². The van der Waals surface area contributed by atoms with E-state index in [1.165, 1.54) is 18.2 Å². The number of nitrogens with zero attached hydrogens (tertiary/aromatic N) is 4. The standard InChI is InChI=1S/C24H26F3N7O2/c25-24(26,27)19-7-2-1-4-17(19)13-30-23(36)16-5-3-6-18(12-16)29-14-21-32-33-22(34(21)10-11-35)20-8-9-28-15-31-20/h1-7,12,15,20,29,35H,8-11,13-14H2,(H,28,31)(H,30,36). The highest BCUT2D eigenvalue weighted by Crippen LogP contribution is 2.31. The summed E-state index contributed by atoms with van der Waals surface area (Å²) in [6.07, 6.45) is -2.09. The Labute approximate surface area is 205 Å². The summed E-state index contributed by atoms with van der Waals surface area (Å²) in [5.74, 6) is 0.827. The van der Waals surface area contributed by atoms with Crippen LogP contribution in [0.1, 0.15) is 45.6 Å². The number of aliphatic hydroxyl groups is 1. The van der Waals surface area contributed by atoms with Gasteiger partial charge >= 0.3 is 6.18 Å². The summed E-state index contributed by atoms with van der Waals surface area (Å²) >= 11 is 0. The van der Waals surface area contributed by atoms with E-state index in [1.54, 1.807) is 30.6 Å². The smallest absolute Gasteiger partial charge is 0.395 e. The quantitative estimate of drug-likeness (QED) is 0.358. The van der Waals surface area contributed by atoms with Gasteiger partial charge < -0.3 is 25.6 Å². The zero-order valence-corrected chi connectivity index (χ0v) is 19.3. The topological polar surface area (TPSA) is 116 Å². The first kappa shape index (κ1) is 25.2. The third-order valence-corrected chi connectivity index (χ3v) is 5.74. The van der Waals surface area contributed by atoms with Gasteiger partial charge in [0.1, 0.15) is 0 Å². The number of anilines is 1. The molecular weight excluding hydrogens is 475 g/mol. The van der Waals surface area contributed by atoms with E-state index in [1.807, 2.05) is 4.57 Å². The number of aliphatic hydroxyl groups excluding tert-OH is 1. The van der Waals surface area contributed by atoms with Crippen LogP contribution in [0.25, 0.3) is 0 Å². The van der Waals surface area contributed by atoms with E-state index in [0.29, 0.717) is 36.0 Å². The highest BCUT2D eigenvalue weighted by molar-refractivity contribution is 5.95. The van der Waals surface area contributed by atoms with Gasteiger partial charge in [0.15, 0.2) is 11.6 Å². The molecular formula is C24H26F3N7O2. The Hall–Kier alpha value is -3.93. The number of carbonyl (C=O) groups excluding carboxylic acids is 1. The van der Waals surface area contributed by atoms with Crippen LogP contribution in [0, 0.1) is 0 Å². The molecule has 0 bridgehead atoms. The van der Waals surface area contributed by atoms with Crippen molar-refractivity contribution < 1.29 is 23.1 Å². The Morgan fingerprint density at radius 2 is 1.97 bits per heavy atom. The van der Waals surface area contributed by atoms with Crippen LogP contribution in [0.5, 0.6) is 0 Å². The summed E-state index contributed by atoms with van der Waals surface area (Å²) in [4.78, 5) is 16.8. The third kappa shape index (κ3) is 6.00. The minimum Gasteiger partial charge on any atom is -0.395 e. The van der Waals surface area contributed by atoms with Crippen LogP contribution in [-0.4, -0.2) is 45.3 Å². The lowest BCUT2D eigenvalue weighted by Gasteiger charge is -2.20. The zero-order valence-electron chi connectivity index (χ0n) is 19.3. The molecule has 2 aromatic carbocycles. The summed E-state index contributed by atoms with van der Waals surface area (Å²) in [5, 5.41) is 27.0. The fraction of sp³-hybridized carbons (Fsp3) is 0.333. The molecule has 3 aromatic rings. The second kappa shape index (κ2) is 11.2. The zero-order chi connectivity index (χ0) is 25.5. The van der Waals surface area contributed by atoms with E-state index in [-0.39, 0.29) is 31.3 Å². The van der Waals surface area contributed by atoms with Crippen molar-refractivity contribution in [2.45, 2.75) is 38.3 Å². The molecule has 0 saturated carbocycles. The molecule has 0 saturated heterocycles. The van der Waals surface area contributed by atoms with Crippen LogP contribution >= 0.6 is 0 Å². The number of aromatic nitrogens is 3. The fourth-order valence-electron chi connectivity index (χ4n) is 3.96. The number of aliphatic imine (C=N–C) groups is 1. The first-order chi connectivity index (χ1) is 17.4. The van der Waals surface area contributed by atoms with E-state index in [0.717, 1.165) is 12.5 Å². The molecule has 4 N–H and O–H groups in total. The van der Waals surface area contributed by atoms with Crippen LogP contribution in [0.4, 0.5) is 18.9 Å². The molecule has 1 aliphatic heterocycles. The number of amides is 1. The van der Waals surface area contributed by atoms with Crippen molar-refractivity contribution >= 4 is 17.9 Å².